The van der Waals surface area contributed by atoms with Gasteiger partial charge in [0.2, 0.25) is 0 Å². The number of thioether (sulfide) groups is 1. The summed E-state index contributed by atoms with van der Waals surface area (Å²) in [4.78, 5) is 17.1. The van der Waals surface area contributed by atoms with Crippen molar-refractivity contribution in [1.82, 2.24) is 9.80 Å². The number of carbonyl (C=O) groups is 1. The molecule has 7 heteroatoms. The van der Waals surface area contributed by atoms with Crippen LogP contribution in [0.2, 0.25) is 0 Å². The van der Waals surface area contributed by atoms with Crippen molar-refractivity contribution in [3.8, 4) is 11.3 Å². The molecule has 134 valence electrons. The second-order valence-electron chi connectivity index (χ2n) is 6.05. The number of rotatable bonds is 4. The Balaban J connectivity index is 1.48. The van der Waals surface area contributed by atoms with Crippen molar-refractivity contribution in [2.75, 3.05) is 33.0 Å². The summed E-state index contributed by atoms with van der Waals surface area (Å²) < 4.78 is 11.8. The van der Waals surface area contributed by atoms with Crippen molar-refractivity contribution in [3.05, 3.63) is 53.1 Å². The number of hydrogen-bond acceptors (Lipinski definition) is 6. The van der Waals surface area contributed by atoms with Crippen LogP contribution < -0.4 is 0 Å². The number of benzene rings is 1. The van der Waals surface area contributed by atoms with E-state index in [-0.39, 0.29) is 5.91 Å². The maximum atomic E-state index is 12.7. The zero-order valence-corrected chi connectivity index (χ0v) is 15.7. The average molecular weight is 386 g/mol. The second kappa shape index (κ2) is 7.75. The fourth-order valence-electron chi connectivity index (χ4n) is 2.88. The quantitative estimate of drug-likeness (QED) is 0.593. The first-order chi connectivity index (χ1) is 12.7. The van der Waals surface area contributed by atoms with E-state index in [9.17, 15) is 4.79 Å². The Kier molecular flexibility index (Phi) is 5.21. The van der Waals surface area contributed by atoms with Gasteiger partial charge in [-0.2, -0.15) is 0 Å². The lowest BCUT2D eigenvalue weighted by molar-refractivity contribution is -0.124. The maximum Gasteiger partial charge on any atom is 0.267 e. The van der Waals surface area contributed by atoms with Crippen molar-refractivity contribution in [2.45, 2.75) is 0 Å². The van der Waals surface area contributed by atoms with E-state index in [4.69, 9.17) is 21.4 Å². The molecular weight excluding hydrogens is 368 g/mol. The fraction of sp³-hybridized carbons (Fsp3) is 0.263. The highest BCUT2D eigenvalue weighted by molar-refractivity contribution is 8.26. The highest BCUT2D eigenvalue weighted by atomic mass is 32.2. The zero-order chi connectivity index (χ0) is 17.9. The van der Waals surface area contributed by atoms with Gasteiger partial charge in [0, 0.05) is 24.7 Å². The molecule has 0 radical (unpaired) electrons. The minimum Gasteiger partial charge on any atom is -0.457 e. The molecule has 3 heterocycles. The molecule has 0 unspecified atom stereocenters. The van der Waals surface area contributed by atoms with Crippen LogP contribution in [0.3, 0.4) is 0 Å². The summed E-state index contributed by atoms with van der Waals surface area (Å²) in [6.07, 6.45) is 1.77. The number of thiocarbonyl (C=S) groups is 1. The number of furan rings is 1. The summed E-state index contributed by atoms with van der Waals surface area (Å²) in [6.45, 7) is 3.53. The largest absolute Gasteiger partial charge is 0.457 e. The summed E-state index contributed by atoms with van der Waals surface area (Å²) >= 11 is 6.72. The minimum atomic E-state index is -0.0656. The van der Waals surface area contributed by atoms with Gasteiger partial charge in [-0.15, -0.1) is 0 Å². The van der Waals surface area contributed by atoms with Gasteiger partial charge in [-0.05, 0) is 12.1 Å². The smallest absolute Gasteiger partial charge is 0.267 e. The molecule has 2 saturated heterocycles. The highest BCUT2D eigenvalue weighted by Gasteiger charge is 2.33. The van der Waals surface area contributed by atoms with E-state index in [2.05, 4.69) is 4.90 Å². The Bertz CT molecular complexity index is 841. The Morgan fingerprint density at radius 2 is 1.88 bits per heavy atom. The van der Waals surface area contributed by atoms with Gasteiger partial charge in [-0.25, -0.2) is 0 Å². The van der Waals surface area contributed by atoms with Gasteiger partial charge >= 0.3 is 0 Å². The van der Waals surface area contributed by atoms with Crippen LogP contribution in [0.4, 0.5) is 0 Å². The van der Waals surface area contributed by atoms with Crippen molar-refractivity contribution in [3.63, 3.8) is 0 Å². The minimum absolute atomic E-state index is 0.0656. The highest BCUT2D eigenvalue weighted by Crippen LogP contribution is 2.33. The molecule has 0 spiro atoms. The molecule has 2 aliphatic rings. The lowest BCUT2D eigenvalue weighted by Gasteiger charge is -2.29. The molecule has 0 saturated carbocycles. The third-order valence-corrected chi connectivity index (χ3v) is 5.65. The average Bonchev–Trinajstić information content (AvgIpc) is 3.24. The number of carbonyl (C=O) groups excluding carboxylic acids is 1. The molecule has 1 aromatic heterocycles. The maximum absolute atomic E-state index is 12.7. The van der Waals surface area contributed by atoms with E-state index in [1.807, 2.05) is 42.5 Å². The molecule has 0 aliphatic carbocycles. The molecule has 5 nitrogen and oxygen atoms in total. The molecule has 0 N–H and O–H groups in total. The predicted octanol–water partition coefficient (Wildman–Crippen LogP) is 3.44. The van der Waals surface area contributed by atoms with Gasteiger partial charge in [0.25, 0.3) is 5.91 Å². The summed E-state index contributed by atoms with van der Waals surface area (Å²) in [6, 6.07) is 13.7. The molecule has 26 heavy (non-hydrogen) atoms. The molecule has 2 fully saturated rings. The first-order valence-electron chi connectivity index (χ1n) is 8.41. The van der Waals surface area contributed by atoms with Gasteiger partial charge < -0.3 is 9.15 Å². The lowest BCUT2D eigenvalue weighted by atomic mass is 10.2. The molecule has 4 rings (SSSR count). The van der Waals surface area contributed by atoms with Gasteiger partial charge in [0.1, 0.15) is 15.8 Å². The van der Waals surface area contributed by atoms with Crippen LogP contribution in [-0.4, -0.2) is 53.0 Å². The molecule has 1 aromatic carbocycles. The number of amides is 1. The van der Waals surface area contributed by atoms with Crippen molar-refractivity contribution in [2.24, 2.45) is 0 Å². The first-order valence-corrected chi connectivity index (χ1v) is 9.64. The molecule has 2 aliphatic heterocycles. The topological polar surface area (TPSA) is 45.9 Å². The molecule has 0 atom stereocenters. The number of hydrogen-bond donors (Lipinski definition) is 0. The number of morpholine rings is 1. The molecular formula is C19H18N2O3S2. The van der Waals surface area contributed by atoms with Crippen LogP contribution in [0.5, 0.6) is 0 Å². The third-order valence-electron chi connectivity index (χ3n) is 4.28. The molecule has 2 aromatic rings. The Morgan fingerprint density at radius 3 is 2.65 bits per heavy atom. The fourth-order valence-corrected chi connectivity index (χ4v) is 4.10. The van der Waals surface area contributed by atoms with E-state index in [0.717, 1.165) is 24.4 Å². The van der Waals surface area contributed by atoms with Crippen LogP contribution >= 0.6 is 24.0 Å². The summed E-state index contributed by atoms with van der Waals surface area (Å²) in [7, 11) is 0. The Morgan fingerprint density at radius 1 is 1.12 bits per heavy atom. The molecule has 1 amide bonds. The standard InChI is InChI=1S/C19H18N2O3S2/c22-18-17(26-19(25)21(18)13-20-8-10-23-11-9-20)12-15-6-7-16(24-15)14-4-2-1-3-5-14/h1-7,12H,8-11,13H2. The zero-order valence-electron chi connectivity index (χ0n) is 14.1. The molecule has 0 bridgehead atoms. The van der Waals surface area contributed by atoms with Gasteiger partial charge in [-0.3, -0.25) is 14.6 Å². The Labute approximate surface area is 161 Å². The number of nitrogens with zero attached hydrogens (tertiary/aromatic N) is 2. The SMILES string of the molecule is O=C1C(=Cc2ccc(-c3ccccc3)o2)SC(=S)N1CN1CCOCC1. The van der Waals surface area contributed by atoms with Gasteiger partial charge in [0.05, 0.1) is 24.8 Å². The van der Waals surface area contributed by atoms with Crippen LogP contribution in [-0.2, 0) is 9.53 Å². The van der Waals surface area contributed by atoms with Crippen LogP contribution in [0.25, 0.3) is 17.4 Å². The van der Waals surface area contributed by atoms with E-state index < -0.39 is 0 Å². The number of ether oxygens (including phenoxy) is 1. The first kappa shape index (κ1) is 17.5. The van der Waals surface area contributed by atoms with Crippen molar-refractivity contribution < 1.29 is 13.9 Å². The summed E-state index contributed by atoms with van der Waals surface area (Å²) in [5, 5.41) is 0. The van der Waals surface area contributed by atoms with E-state index in [1.165, 1.54) is 11.8 Å². The lowest BCUT2D eigenvalue weighted by Crippen LogP contribution is -2.45. The Hall–Kier alpha value is -1.93. The van der Waals surface area contributed by atoms with Crippen LogP contribution in [0.15, 0.2) is 51.8 Å². The monoisotopic (exact) mass is 386 g/mol. The van der Waals surface area contributed by atoms with Crippen molar-refractivity contribution in [1.29, 1.82) is 0 Å². The van der Waals surface area contributed by atoms with Crippen molar-refractivity contribution >= 4 is 40.3 Å². The van der Waals surface area contributed by atoms with Gasteiger partial charge in [-0.1, -0.05) is 54.3 Å². The van der Waals surface area contributed by atoms with Gasteiger partial charge in [0.15, 0.2) is 0 Å². The second-order valence-corrected chi connectivity index (χ2v) is 7.73. The summed E-state index contributed by atoms with van der Waals surface area (Å²) in [5.74, 6) is 1.36. The van der Waals surface area contributed by atoms with Crippen LogP contribution in [0.1, 0.15) is 5.76 Å². The van der Waals surface area contributed by atoms with E-state index >= 15 is 0 Å². The van der Waals surface area contributed by atoms with E-state index in [0.29, 0.717) is 34.9 Å². The normalized spacial score (nSPS) is 20.3. The van der Waals surface area contributed by atoms with E-state index in [1.54, 1.807) is 11.0 Å². The predicted molar refractivity (Wildman–Crippen MR) is 106 cm³/mol. The van der Waals surface area contributed by atoms with Crippen LogP contribution in [0, 0.1) is 0 Å². The third kappa shape index (κ3) is 3.76. The summed E-state index contributed by atoms with van der Waals surface area (Å²) in [5.41, 5.74) is 1.01.